The molecule has 1 aromatic heterocycles. The van der Waals surface area contributed by atoms with Crippen LogP contribution in [-0.2, 0) is 13.0 Å². The minimum Gasteiger partial charge on any atom is -0.495 e. The summed E-state index contributed by atoms with van der Waals surface area (Å²) in [6.07, 6.45) is 2.79. The van der Waals surface area contributed by atoms with Crippen LogP contribution in [0.4, 0.5) is 0 Å². The predicted molar refractivity (Wildman–Crippen MR) is 65.0 cm³/mol. The molecule has 0 unspecified atom stereocenters. The number of aromatic nitrogens is 1. The molecule has 0 aliphatic heterocycles. The third-order valence-electron chi connectivity index (χ3n) is 2.89. The Balaban J connectivity index is 2.68. The Kier molecular flexibility index (Phi) is 3.15. The van der Waals surface area contributed by atoms with E-state index in [1.807, 2.05) is 12.1 Å². The van der Waals surface area contributed by atoms with Crippen molar-refractivity contribution in [2.75, 3.05) is 13.7 Å². The van der Waals surface area contributed by atoms with E-state index in [1.165, 1.54) is 10.9 Å². The molecule has 3 nitrogen and oxygen atoms in total. The lowest BCUT2D eigenvalue weighted by atomic mass is 10.1. The molecule has 0 atom stereocenters. The number of ether oxygens (including phenoxy) is 1. The molecule has 0 amide bonds. The normalized spacial score (nSPS) is 10.9. The molecule has 0 bridgehead atoms. The molecule has 0 spiro atoms. The molecular weight excluding hydrogens is 202 g/mol. The highest BCUT2D eigenvalue weighted by molar-refractivity contribution is 5.89. The smallest absolute Gasteiger partial charge is 0.143 e. The van der Waals surface area contributed by atoms with Gasteiger partial charge in [0, 0.05) is 24.7 Å². The maximum absolute atomic E-state index is 9.05. The van der Waals surface area contributed by atoms with E-state index in [0.717, 1.165) is 17.8 Å². The van der Waals surface area contributed by atoms with Crippen molar-refractivity contribution in [3.63, 3.8) is 0 Å². The van der Waals surface area contributed by atoms with Gasteiger partial charge in [-0.1, -0.05) is 12.1 Å². The van der Waals surface area contributed by atoms with E-state index in [0.29, 0.717) is 6.42 Å². The van der Waals surface area contributed by atoms with Gasteiger partial charge in [0.05, 0.1) is 12.6 Å². The Morgan fingerprint density at radius 2 is 2.19 bits per heavy atom. The van der Waals surface area contributed by atoms with Crippen molar-refractivity contribution < 1.29 is 9.84 Å². The minimum absolute atomic E-state index is 0.181. The van der Waals surface area contributed by atoms with E-state index in [4.69, 9.17) is 9.84 Å². The van der Waals surface area contributed by atoms with Crippen LogP contribution < -0.4 is 4.74 Å². The molecule has 0 saturated carbocycles. The van der Waals surface area contributed by atoms with Gasteiger partial charge in [0.25, 0.3) is 0 Å². The molecule has 2 rings (SSSR count). The molecule has 1 aromatic carbocycles. The maximum atomic E-state index is 9.05. The van der Waals surface area contributed by atoms with Crippen LogP contribution >= 0.6 is 0 Å². The van der Waals surface area contributed by atoms with Gasteiger partial charge in [-0.15, -0.1) is 0 Å². The van der Waals surface area contributed by atoms with Crippen LogP contribution in [0.25, 0.3) is 10.9 Å². The number of methoxy groups -OCH3 is 1. The number of hydrogen-bond acceptors (Lipinski definition) is 2. The number of aryl methyl sites for hydroxylation is 1. The summed E-state index contributed by atoms with van der Waals surface area (Å²) in [7, 11) is 1.69. The van der Waals surface area contributed by atoms with Crippen molar-refractivity contribution >= 4 is 10.9 Å². The Morgan fingerprint density at radius 3 is 2.81 bits per heavy atom. The van der Waals surface area contributed by atoms with Gasteiger partial charge < -0.3 is 14.4 Å². The highest BCUT2D eigenvalue weighted by Gasteiger charge is 2.11. The number of para-hydroxylation sites is 1. The fourth-order valence-corrected chi connectivity index (χ4v) is 2.13. The van der Waals surface area contributed by atoms with E-state index in [-0.39, 0.29) is 6.61 Å². The number of aliphatic hydroxyl groups is 1. The van der Waals surface area contributed by atoms with Crippen LogP contribution in [0.15, 0.2) is 24.4 Å². The van der Waals surface area contributed by atoms with E-state index in [2.05, 4.69) is 23.8 Å². The van der Waals surface area contributed by atoms with Gasteiger partial charge in [-0.3, -0.25) is 0 Å². The fraction of sp³-hybridized carbons (Fsp3) is 0.385. The largest absolute Gasteiger partial charge is 0.495 e. The average molecular weight is 219 g/mol. The van der Waals surface area contributed by atoms with E-state index in [1.54, 1.807) is 7.11 Å². The molecule has 0 aliphatic rings. The van der Waals surface area contributed by atoms with Gasteiger partial charge in [0.2, 0.25) is 0 Å². The molecule has 16 heavy (non-hydrogen) atoms. The molecule has 1 heterocycles. The molecule has 0 saturated heterocycles. The second kappa shape index (κ2) is 4.58. The summed E-state index contributed by atoms with van der Waals surface area (Å²) in [6, 6.07) is 6.04. The summed E-state index contributed by atoms with van der Waals surface area (Å²) in [5.74, 6) is 0.892. The first kappa shape index (κ1) is 11.0. The van der Waals surface area contributed by atoms with E-state index < -0.39 is 0 Å². The van der Waals surface area contributed by atoms with Gasteiger partial charge in [-0.25, -0.2) is 0 Å². The van der Waals surface area contributed by atoms with Crippen LogP contribution in [0.1, 0.15) is 12.5 Å². The number of hydrogen-bond donors (Lipinski definition) is 1. The Morgan fingerprint density at radius 1 is 1.38 bits per heavy atom. The molecule has 0 aliphatic carbocycles. The standard InChI is InChI=1S/C13H17NO2/c1-3-14-9-10(7-8-15)11-5-4-6-12(16-2)13(11)14/h4-6,9,15H,3,7-8H2,1-2H3. The van der Waals surface area contributed by atoms with Gasteiger partial charge in [-0.05, 0) is 25.0 Å². The summed E-state index contributed by atoms with van der Waals surface area (Å²) < 4.78 is 7.54. The summed E-state index contributed by atoms with van der Waals surface area (Å²) in [5.41, 5.74) is 2.30. The van der Waals surface area contributed by atoms with E-state index in [9.17, 15) is 0 Å². The van der Waals surface area contributed by atoms with Crippen LogP contribution in [0, 0.1) is 0 Å². The lowest BCUT2D eigenvalue weighted by molar-refractivity contribution is 0.300. The highest BCUT2D eigenvalue weighted by Crippen LogP contribution is 2.29. The van der Waals surface area contributed by atoms with E-state index >= 15 is 0 Å². The zero-order chi connectivity index (χ0) is 11.5. The Labute approximate surface area is 95.3 Å². The average Bonchev–Trinajstić information content (AvgIpc) is 2.68. The van der Waals surface area contributed by atoms with Gasteiger partial charge in [0.1, 0.15) is 5.75 Å². The third kappa shape index (κ3) is 1.67. The van der Waals surface area contributed by atoms with Gasteiger partial charge >= 0.3 is 0 Å². The lowest BCUT2D eigenvalue weighted by Gasteiger charge is -2.06. The first-order chi connectivity index (χ1) is 7.81. The van der Waals surface area contributed by atoms with Crippen molar-refractivity contribution in [2.45, 2.75) is 19.9 Å². The molecular formula is C13H17NO2. The zero-order valence-electron chi connectivity index (χ0n) is 9.73. The fourth-order valence-electron chi connectivity index (χ4n) is 2.13. The van der Waals surface area contributed by atoms with Crippen LogP contribution in [0.2, 0.25) is 0 Å². The first-order valence-electron chi connectivity index (χ1n) is 5.57. The number of fused-ring (bicyclic) bond motifs is 1. The second-order valence-electron chi connectivity index (χ2n) is 3.77. The van der Waals surface area contributed by atoms with Gasteiger partial charge in [-0.2, -0.15) is 0 Å². The molecule has 3 heteroatoms. The summed E-state index contributed by atoms with van der Waals surface area (Å²) >= 11 is 0. The molecule has 2 aromatic rings. The first-order valence-corrected chi connectivity index (χ1v) is 5.57. The quantitative estimate of drug-likeness (QED) is 0.855. The summed E-state index contributed by atoms with van der Waals surface area (Å²) in [5, 5.41) is 10.2. The summed E-state index contributed by atoms with van der Waals surface area (Å²) in [6.45, 7) is 3.19. The number of rotatable bonds is 4. The SMILES string of the molecule is CCn1cc(CCO)c2cccc(OC)c21. The number of nitrogens with zero attached hydrogens (tertiary/aromatic N) is 1. The Bertz CT molecular complexity index is 488. The van der Waals surface area contributed by atoms with Crippen molar-refractivity contribution in [1.29, 1.82) is 0 Å². The minimum atomic E-state index is 0.181. The van der Waals surface area contributed by atoms with Crippen molar-refractivity contribution in [1.82, 2.24) is 4.57 Å². The van der Waals surface area contributed by atoms with Crippen LogP contribution in [0.5, 0.6) is 5.75 Å². The second-order valence-corrected chi connectivity index (χ2v) is 3.77. The molecule has 1 N–H and O–H groups in total. The summed E-state index contributed by atoms with van der Waals surface area (Å²) in [4.78, 5) is 0. The van der Waals surface area contributed by atoms with Crippen molar-refractivity contribution in [3.8, 4) is 5.75 Å². The molecule has 86 valence electrons. The van der Waals surface area contributed by atoms with Crippen molar-refractivity contribution in [3.05, 3.63) is 30.0 Å². The predicted octanol–water partition coefficient (Wildman–Crippen LogP) is 2.20. The third-order valence-corrected chi connectivity index (χ3v) is 2.89. The van der Waals surface area contributed by atoms with Crippen LogP contribution in [0.3, 0.4) is 0 Å². The number of benzene rings is 1. The monoisotopic (exact) mass is 219 g/mol. The topological polar surface area (TPSA) is 34.4 Å². The highest BCUT2D eigenvalue weighted by atomic mass is 16.5. The molecule has 0 radical (unpaired) electrons. The molecule has 0 fully saturated rings. The van der Waals surface area contributed by atoms with Crippen molar-refractivity contribution in [2.24, 2.45) is 0 Å². The zero-order valence-corrected chi connectivity index (χ0v) is 9.73. The Hall–Kier alpha value is -1.48. The number of aliphatic hydroxyl groups excluding tert-OH is 1. The lowest BCUT2D eigenvalue weighted by Crippen LogP contribution is -1.93. The van der Waals surface area contributed by atoms with Gasteiger partial charge in [0.15, 0.2) is 0 Å². The van der Waals surface area contributed by atoms with Crippen LogP contribution in [-0.4, -0.2) is 23.4 Å². The maximum Gasteiger partial charge on any atom is 0.143 e.